The lowest BCUT2D eigenvalue weighted by molar-refractivity contribution is -0.137. The van der Waals surface area contributed by atoms with Crippen molar-refractivity contribution in [1.29, 1.82) is 0 Å². The minimum Gasteiger partial charge on any atom is -0.379 e. The highest BCUT2D eigenvalue weighted by Crippen LogP contribution is 2.30. The van der Waals surface area contributed by atoms with E-state index in [4.69, 9.17) is 4.74 Å². The number of nitrogens with zero attached hydrogens (tertiary/aromatic N) is 2. The molecular weight excluding hydrogens is 309 g/mol. The molecular formula is C16H19F3N2O2. The molecule has 1 aromatic carbocycles. The first-order valence-electron chi connectivity index (χ1n) is 7.59. The number of amides is 1. The van der Waals surface area contributed by atoms with E-state index in [0.717, 1.165) is 18.7 Å². The lowest BCUT2D eigenvalue weighted by atomic mass is 10.1. The van der Waals surface area contributed by atoms with Gasteiger partial charge >= 0.3 is 6.18 Å². The van der Waals surface area contributed by atoms with E-state index in [2.05, 4.69) is 4.90 Å². The van der Waals surface area contributed by atoms with E-state index in [1.165, 1.54) is 12.1 Å². The third kappa shape index (κ3) is 3.50. The van der Waals surface area contributed by atoms with Gasteiger partial charge in [-0.3, -0.25) is 9.69 Å². The average molecular weight is 328 g/mol. The summed E-state index contributed by atoms with van der Waals surface area (Å²) in [5.74, 6) is -0.162. The van der Waals surface area contributed by atoms with E-state index >= 15 is 0 Å². The minimum atomic E-state index is -4.44. The van der Waals surface area contributed by atoms with Gasteiger partial charge in [-0.15, -0.1) is 0 Å². The molecule has 2 aliphatic heterocycles. The van der Waals surface area contributed by atoms with Crippen LogP contribution in [0.15, 0.2) is 24.3 Å². The maximum Gasteiger partial charge on any atom is 0.416 e. The van der Waals surface area contributed by atoms with Crippen LogP contribution in [0.5, 0.6) is 0 Å². The molecule has 2 bridgehead atoms. The van der Waals surface area contributed by atoms with Crippen molar-refractivity contribution < 1.29 is 22.7 Å². The Morgan fingerprint density at radius 1 is 1.22 bits per heavy atom. The van der Waals surface area contributed by atoms with Crippen LogP contribution in [0.4, 0.5) is 13.2 Å². The van der Waals surface area contributed by atoms with E-state index in [1.807, 2.05) is 7.05 Å². The third-order valence-corrected chi connectivity index (χ3v) is 4.47. The topological polar surface area (TPSA) is 32.8 Å². The number of alkyl halides is 3. The Balaban J connectivity index is 1.83. The molecule has 4 nitrogen and oxygen atoms in total. The van der Waals surface area contributed by atoms with Crippen LogP contribution in [0.3, 0.4) is 0 Å². The van der Waals surface area contributed by atoms with Crippen LogP contribution < -0.4 is 0 Å². The van der Waals surface area contributed by atoms with Crippen molar-refractivity contribution in [3.8, 4) is 0 Å². The van der Waals surface area contributed by atoms with Gasteiger partial charge < -0.3 is 9.64 Å². The highest BCUT2D eigenvalue weighted by Gasteiger charge is 2.35. The number of benzene rings is 1. The van der Waals surface area contributed by atoms with Gasteiger partial charge in [-0.25, -0.2) is 0 Å². The van der Waals surface area contributed by atoms with Gasteiger partial charge in [0.05, 0.1) is 24.8 Å². The number of rotatable bonds is 1. The van der Waals surface area contributed by atoms with Gasteiger partial charge in [0.1, 0.15) is 0 Å². The molecule has 0 aromatic heterocycles. The summed E-state index contributed by atoms with van der Waals surface area (Å²) in [5, 5.41) is 0. The van der Waals surface area contributed by atoms with Crippen molar-refractivity contribution in [2.75, 3.05) is 39.9 Å². The number of fused-ring (bicyclic) bond motifs is 3. The highest BCUT2D eigenvalue weighted by atomic mass is 19.4. The molecule has 2 saturated heterocycles. The Bertz CT molecular complexity index is 591. The second-order valence-corrected chi connectivity index (χ2v) is 6.29. The molecule has 2 heterocycles. The quantitative estimate of drug-likeness (QED) is 0.792. The summed E-state index contributed by atoms with van der Waals surface area (Å²) in [5.41, 5.74) is -0.706. The first-order valence-corrected chi connectivity index (χ1v) is 7.59. The molecule has 1 amide bonds. The van der Waals surface area contributed by atoms with Gasteiger partial charge in [-0.05, 0) is 25.2 Å². The first kappa shape index (κ1) is 16.3. The third-order valence-electron chi connectivity index (χ3n) is 4.47. The molecule has 126 valence electrons. The van der Waals surface area contributed by atoms with E-state index in [0.29, 0.717) is 26.3 Å². The van der Waals surface area contributed by atoms with Gasteiger partial charge in [-0.1, -0.05) is 6.07 Å². The predicted molar refractivity (Wildman–Crippen MR) is 78.1 cm³/mol. The van der Waals surface area contributed by atoms with Crippen LogP contribution in [0.25, 0.3) is 0 Å². The number of halogens is 3. The molecule has 2 aliphatic rings. The van der Waals surface area contributed by atoms with E-state index < -0.39 is 11.7 Å². The second-order valence-electron chi connectivity index (χ2n) is 6.29. The molecule has 3 rings (SSSR count). The summed E-state index contributed by atoms with van der Waals surface area (Å²) in [6.07, 6.45) is -4.44. The number of likely N-dealkylation sites (N-methyl/N-ethyl adjacent to an activating group) is 1. The predicted octanol–water partition coefficient (Wildman–Crippen LogP) is 2.11. The van der Waals surface area contributed by atoms with Crippen molar-refractivity contribution in [3.63, 3.8) is 0 Å². The molecule has 0 unspecified atom stereocenters. The SMILES string of the molecule is CN1C[C@H]2COC[C@@H]1CN(C(=O)c1cccc(C(F)(F)F)c1)C2. The van der Waals surface area contributed by atoms with E-state index in [-0.39, 0.29) is 23.4 Å². The summed E-state index contributed by atoms with van der Waals surface area (Å²) < 4.78 is 44.1. The van der Waals surface area contributed by atoms with Gasteiger partial charge in [-0.2, -0.15) is 13.2 Å². The molecule has 0 saturated carbocycles. The smallest absolute Gasteiger partial charge is 0.379 e. The molecule has 0 aliphatic carbocycles. The zero-order valence-electron chi connectivity index (χ0n) is 12.8. The van der Waals surface area contributed by atoms with Gasteiger partial charge in [0, 0.05) is 31.1 Å². The van der Waals surface area contributed by atoms with Crippen LogP contribution in [0, 0.1) is 5.92 Å². The van der Waals surface area contributed by atoms with Crippen molar-refractivity contribution in [2.24, 2.45) is 5.92 Å². The maximum atomic E-state index is 12.8. The summed E-state index contributed by atoms with van der Waals surface area (Å²) in [6.45, 7) is 2.93. The number of carbonyl (C=O) groups excluding carboxylic acids is 1. The zero-order valence-corrected chi connectivity index (χ0v) is 12.8. The van der Waals surface area contributed by atoms with Crippen LogP contribution in [-0.2, 0) is 10.9 Å². The Kier molecular flexibility index (Phi) is 4.33. The van der Waals surface area contributed by atoms with Gasteiger partial charge in [0.2, 0.25) is 0 Å². The Labute approximate surface area is 132 Å². The zero-order chi connectivity index (χ0) is 16.6. The summed E-state index contributed by atoms with van der Waals surface area (Å²) >= 11 is 0. The molecule has 1 aromatic rings. The average Bonchev–Trinajstić information content (AvgIpc) is 2.74. The molecule has 2 atom stereocenters. The van der Waals surface area contributed by atoms with Crippen molar-refractivity contribution >= 4 is 5.91 Å². The number of ether oxygens (including phenoxy) is 1. The molecule has 2 fully saturated rings. The molecule has 0 N–H and O–H groups in total. The lowest BCUT2D eigenvalue weighted by Crippen LogP contribution is -2.44. The lowest BCUT2D eigenvalue weighted by Gasteiger charge is -2.30. The monoisotopic (exact) mass is 328 g/mol. The van der Waals surface area contributed by atoms with Crippen molar-refractivity contribution in [2.45, 2.75) is 12.2 Å². The normalized spacial score (nSPS) is 26.0. The van der Waals surface area contributed by atoms with Crippen LogP contribution in [-0.4, -0.2) is 61.6 Å². The van der Waals surface area contributed by atoms with Crippen LogP contribution in [0.1, 0.15) is 15.9 Å². The number of carbonyl (C=O) groups is 1. The second kappa shape index (κ2) is 6.13. The fourth-order valence-corrected chi connectivity index (χ4v) is 3.23. The van der Waals surface area contributed by atoms with E-state index in [9.17, 15) is 18.0 Å². The summed E-state index contributed by atoms with van der Waals surface area (Å²) in [7, 11) is 1.99. The largest absolute Gasteiger partial charge is 0.416 e. The fourth-order valence-electron chi connectivity index (χ4n) is 3.23. The Hall–Kier alpha value is -1.60. The Morgan fingerprint density at radius 3 is 2.74 bits per heavy atom. The number of hydrogen-bond donors (Lipinski definition) is 0. The van der Waals surface area contributed by atoms with Crippen LogP contribution >= 0.6 is 0 Å². The van der Waals surface area contributed by atoms with Gasteiger partial charge in [0.15, 0.2) is 0 Å². The maximum absolute atomic E-state index is 12.8. The minimum absolute atomic E-state index is 0.0808. The highest BCUT2D eigenvalue weighted by molar-refractivity contribution is 5.94. The van der Waals surface area contributed by atoms with Crippen molar-refractivity contribution in [1.82, 2.24) is 9.80 Å². The van der Waals surface area contributed by atoms with Gasteiger partial charge in [0.25, 0.3) is 5.91 Å². The fraction of sp³-hybridized carbons (Fsp3) is 0.562. The van der Waals surface area contributed by atoms with E-state index in [1.54, 1.807) is 4.90 Å². The first-order chi connectivity index (χ1) is 10.8. The molecule has 7 heteroatoms. The standard InChI is InChI=1S/C16H19F3N2O2/c1-20-6-11-7-21(8-14(20)10-23-9-11)15(22)12-3-2-4-13(5-12)16(17,18)19/h2-5,11,14H,6-10H2,1H3/t11-,14+/m1/s1. The molecule has 23 heavy (non-hydrogen) atoms. The number of hydrogen-bond acceptors (Lipinski definition) is 3. The molecule has 0 spiro atoms. The molecule has 0 radical (unpaired) electrons. The van der Waals surface area contributed by atoms with Crippen molar-refractivity contribution in [3.05, 3.63) is 35.4 Å². The summed E-state index contributed by atoms with van der Waals surface area (Å²) in [4.78, 5) is 16.5. The van der Waals surface area contributed by atoms with Crippen LogP contribution in [0.2, 0.25) is 0 Å². The Morgan fingerprint density at radius 2 is 2.00 bits per heavy atom. The summed E-state index contributed by atoms with van der Waals surface area (Å²) in [6, 6.07) is 4.72.